The SMILES string of the molecule is CCCn1nc(C(=O)NCc2cccc(NC(=O)c3ccc(F)cc3)c2)ccc1=O. The van der Waals surface area contributed by atoms with Gasteiger partial charge in [-0.05, 0) is 54.4 Å². The molecule has 0 bridgehead atoms. The minimum absolute atomic E-state index is 0.156. The molecule has 2 aromatic carbocycles. The zero-order valence-corrected chi connectivity index (χ0v) is 16.4. The first-order valence-electron chi connectivity index (χ1n) is 9.48. The van der Waals surface area contributed by atoms with E-state index in [0.29, 0.717) is 17.8 Å². The second-order valence-electron chi connectivity index (χ2n) is 6.62. The molecule has 0 aliphatic carbocycles. The Morgan fingerprint density at radius 3 is 2.53 bits per heavy atom. The fraction of sp³-hybridized carbons (Fsp3) is 0.182. The van der Waals surface area contributed by atoms with Crippen molar-refractivity contribution in [2.24, 2.45) is 0 Å². The van der Waals surface area contributed by atoms with Crippen LogP contribution in [0.4, 0.5) is 10.1 Å². The van der Waals surface area contributed by atoms with Crippen LogP contribution in [0.2, 0.25) is 0 Å². The number of amides is 2. The molecule has 0 saturated carbocycles. The van der Waals surface area contributed by atoms with Crippen molar-refractivity contribution in [1.29, 1.82) is 0 Å². The van der Waals surface area contributed by atoms with E-state index < -0.39 is 11.7 Å². The maximum Gasteiger partial charge on any atom is 0.271 e. The van der Waals surface area contributed by atoms with Crippen LogP contribution in [0.3, 0.4) is 0 Å². The Morgan fingerprint density at radius 2 is 1.80 bits per heavy atom. The summed E-state index contributed by atoms with van der Waals surface area (Å²) in [5.74, 6) is -1.18. The summed E-state index contributed by atoms with van der Waals surface area (Å²) in [6, 6.07) is 15.0. The molecule has 30 heavy (non-hydrogen) atoms. The number of carbonyl (C=O) groups excluding carboxylic acids is 2. The van der Waals surface area contributed by atoms with Crippen molar-refractivity contribution >= 4 is 17.5 Å². The number of hydrogen-bond acceptors (Lipinski definition) is 4. The van der Waals surface area contributed by atoms with Crippen molar-refractivity contribution in [3.8, 4) is 0 Å². The number of anilines is 1. The molecule has 8 heteroatoms. The van der Waals surface area contributed by atoms with Crippen LogP contribution < -0.4 is 16.2 Å². The molecule has 1 heterocycles. The monoisotopic (exact) mass is 408 g/mol. The van der Waals surface area contributed by atoms with Crippen molar-refractivity contribution in [3.63, 3.8) is 0 Å². The molecule has 2 N–H and O–H groups in total. The quantitative estimate of drug-likeness (QED) is 0.629. The molecule has 0 radical (unpaired) electrons. The minimum Gasteiger partial charge on any atom is -0.347 e. The van der Waals surface area contributed by atoms with Crippen molar-refractivity contribution < 1.29 is 14.0 Å². The number of hydrogen-bond donors (Lipinski definition) is 2. The molecule has 1 aromatic heterocycles. The van der Waals surface area contributed by atoms with Gasteiger partial charge in [-0.25, -0.2) is 9.07 Å². The number of aryl methyl sites for hydroxylation is 1. The Hall–Kier alpha value is -3.81. The normalized spacial score (nSPS) is 10.5. The Kier molecular flexibility index (Phi) is 6.69. The maximum absolute atomic E-state index is 13.0. The third kappa shape index (κ3) is 5.38. The van der Waals surface area contributed by atoms with Gasteiger partial charge in [-0.2, -0.15) is 5.10 Å². The number of rotatable bonds is 7. The third-order valence-electron chi connectivity index (χ3n) is 4.28. The summed E-state index contributed by atoms with van der Waals surface area (Å²) in [5.41, 5.74) is 1.55. The Morgan fingerprint density at radius 1 is 1.03 bits per heavy atom. The molecular weight excluding hydrogens is 387 g/mol. The lowest BCUT2D eigenvalue weighted by Crippen LogP contribution is -2.29. The van der Waals surface area contributed by atoms with Crippen molar-refractivity contribution in [2.45, 2.75) is 26.4 Å². The van der Waals surface area contributed by atoms with E-state index in [9.17, 15) is 18.8 Å². The van der Waals surface area contributed by atoms with Crippen molar-refractivity contribution in [2.75, 3.05) is 5.32 Å². The van der Waals surface area contributed by atoms with Gasteiger partial charge in [0.05, 0.1) is 0 Å². The van der Waals surface area contributed by atoms with E-state index in [2.05, 4.69) is 15.7 Å². The maximum atomic E-state index is 13.0. The average molecular weight is 408 g/mol. The van der Waals surface area contributed by atoms with Gasteiger partial charge in [0, 0.05) is 30.4 Å². The van der Waals surface area contributed by atoms with Crippen molar-refractivity contribution in [3.05, 3.63) is 93.7 Å². The van der Waals surface area contributed by atoms with E-state index in [0.717, 1.165) is 12.0 Å². The zero-order chi connectivity index (χ0) is 21.5. The number of nitrogens with one attached hydrogen (secondary N) is 2. The molecule has 154 valence electrons. The highest BCUT2D eigenvalue weighted by Gasteiger charge is 2.10. The minimum atomic E-state index is -0.413. The lowest BCUT2D eigenvalue weighted by atomic mass is 10.1. The van der Waals surface area contributed by atoms with Gasteiger partial charge in [-0.3, -0.25) is 14.4 Å². The molecule has 0 aliphatic heterocycles. The second kappa shape index (κ2) is 9.60. The van der Waals surface area contributed by atoms with Crippen LogP contribution in [0, 0.1) is 5.82 Å². The van der Waals surface area contributed by atoms with Gasteiger partial charge in [0.1, 0.15) is 11.5 Å². The standard InChI is InChI=1S/C22H21FN4O3/c1-2-12-27-20(28)11-10-19(26-27)22(30)24-14-15-4-3-5-18(13-15)25-21(29)16-6-8-17(23)9-7-16/h3-11,13H,2,12,14H2,1H3,(H,24,30)(H,25,29). The number of benzene rings is 2. The molecule has 3 rings (SSSR count). The number of halogens is 1. The van der Waals surface area contributed by atoms with Crippen LogP contribution in [-0.4, -0.2) is 21.6 Å². The van der Waals surface area contributed by atoms with Crippen LogP contribution >= 0.6 is 0 Å². The molecular formula is C22H21FN4O3. The van der Waals surface area contributed by atoms with Gasteiger partial charge >= 0.3 is 0 Å². The smallest absolute Gasteiger partial charge is 0.271 e. The highest BCUT2D eigenvalue weighted by atomic mass is 19.1. The predicted octanol–water partition coefficient (Wildman–Crippen LogP) is 2.97. The molecule has 0 atom stereocenters. The molecule has 0 saturated heterocycles. The summed E-state index contributed by atoms with van der Waals surface area (Å²) in [5, 5.41) is 9.57. The summed E-state index contributed by atoms with van der Waals surface area (Å²) >= 11 is 0. The van der Waals surface area contributed by atoms with Gasteiger partial charge in [-0.15, -0.1) is 0 Å². The lowest BCUT2D eigenvalue weighted by molar-refractivity contribution is 0.0942. The highest BCUT2D eigenvalue weighted by molar-refractivity contribution is 6.04. The van der Waals surface area contributed by atoms with Gasteiger partial charge < -0.3 is 10.6 Å². The summed E-state index contributed by atoms with van der Waals surface area (Å²) in [6.07, 6.45) is 0.731. The van der Waals surface area contributed by atoms with E-state index in [1.807, 2.05) is 6.92 Å². The molecule has 3 aromatic rings. The van der Waals surface area contributed by atoms with Crippen LogP contribution in [-0.2, 0) is 13.1 Å². The van der Waals surface area contributed by atoms with Crippen LogP contribution in [0.25, 0.3) is 0 Å². The lowest BCUT2D eigenvalue weighted by Gasteiger charge is -2.09. The second-order valence-corrected chi connectivity index (χ2v) is 6.62. The average Bonchev–Trinajstić information content (AvgIpc) is 2.74. The molecule has 0 spiro atoms. The Balaban J connectivity index is 1.63. The van der Waals surface area contributed by atoms with Gasteiger partial charge in [0.15, 0.2) is 0 Å². The predicted molar refractivity (Wildman–Crippen MR) is 111 cm³/mol. The Bertz CT molecular complexity index is 1110. The first-order valence-corrected chi connectivity index (χ1v) is 9.48. The molecule has 0 fully saturated rings. The number of nitrogens with zero attached hydrogens (tertiary/aromatic N) is 2. The third-order valence-corrected chi connectivity index (χ3v) is 4.28. The molecule has 0 unspecified atom stereocenters. The summed E-state index contributed by atoms with van der Waals surface area (Å²) in [6.45, 7) is 2.58. The highest BCUT2D eigenvalue weighted by Crippen LogP contribution is 2.13. The molecule has 7 nitrogen and oxygen atoms in total. The first-order chi connectivity index (χ1) is 14.5. The van der Waals surface area contributed by atoms with Crippen LogP contribution in [0.15, 0.2) is 65.5 Å². The zero-order valence-electron chi connectivity index (χ0n) is 16.4. The van der Waals surface area contributed by atoms with E-state index >= 15 is 0 Å². The summed E-state index contributed by atoms with van der Waals surface area (Å²) in [7, 11) is 0. The Labute approximate surface area is 172 Å². The van der Waals surface area contributed by atoms with E-state index in [-0.39, 0.29) is 23.7 Å². The van der Waals surface area contributed by atoms with Crippen molar-refractivity contribution in [1.82, 2.24) is 15.1 Å². The van der Waals surface area contributed by atoms with Gasteiger partial charge in [0.2, 0.25) is 0 Å². The largest absolute Gasteiger partial charge is 0.347 e. The first kappa shape index (κ1) is 20.9. The fourth-order valence-corrected chi connectivity index (χ4v) is 2.78. The van der Waals surface area contributed by atoms with E-state index in [4.69, 9.17) is 0 Å². The van der Waals surface area contributed by atoms with E-state index in [1.54, 1.807) is 24.3 Å². The fourth-order valence-electron chi connectivity index (χ4n) is 2.78. The number of aromatic nitrogens is 2. The molecule has 2 amide bonds. The summed E-state index contributed by atoms with van der Waals surface area (Å²) < 4.78 is 14.3. The molecule has 0 aliphatic rings. The number of carbonyl (C=O) groups is 2. The van der Waals surface area contributed by atoms with Gasteiger partial charge in [-0.1, -0.05) is 19.1 Å². The topological polar surface area (TPSA) is 93.1 Å². The van der Waals surface area contributed by atoms with Crippen LogP contribution in [0.1, 0.15) is 39.8 Å². The van der Waals surface area contributed by atoms with Gasteiger partial charge in [0.25, 0.3) is 17.4 Å². The van der Waals surface area contributed by atoms with Crippen LogP contribution in [0.5, 0.6) is 0 Å². The summed E-state index contributed by atoms with van der Waals surface area (Å²) in [4.78, 5) is 36.4. The van der Waals surface area contributed by atoms with E-state index in [1.165, 1.54) is 41.1 Å².